The van der Waals surface area contributed by atoms with E-state index in [1.54, 1.807) is 0 Å². The van der Waals surface area contributed by atoms with Crippen molar-refractivity contribution in [3.63, 3.8) is 0 Å². The molecule has 14 heavy (non-hydrogen) atoms. The molecule has 0 aliphatic carbocycles. The van der Waals surface area contributed by atoms with E-state index in [2.05, 4.69) is 55.9 Å². The maximum Gasteiger partial charge on any atom is 0.0274 e. The van der Waals surface area contributed by atoms with E-state index in [1.807, 2.05) is 6.07 Å². The average Bonchev–Trinajstić information content (AvgIpc) is 2.16. The molecule has 1 heterocycles. The fourth-order valence-corrected chi connectivity index (χ4v) is 1.58. The van der Waals surface area contributed by atoms with Gasteiger partial charge in [0.05, 0.1) is 0 Å². The van der Waals surface area contributed by atoms with Gasteiger partial charge in [0, 0.05) is 18.4 Å². The molecule has 0 fully saturated rings. The summed E-state index contributed by atoms with van der Waals surface area (Å²) in [5.41, 5.74) is 1.26. The van der Waals surface area contributed by atoms with E-state index in [-0.39, 0.29) is 0 Å². The van der Waals surface area contributed by atoms with Crippen LogP contribution in [-0.4, -0.2) is 10.9 Å². The highest BCUT2D eigenvalue weighted by Crippen LogP contribution is 2.07. The van der Waals surface area contributed by atoms with Crippen LogP contribution in [0.4, 0.5) is 0 Å². The van der Waals surface area contributed by atoms with Crippen molar-refractivity contribution in [1.29, 1.82) is 0 Å². The zero-order valence-corrected chi connectivity index (χ0v) is 8.70. The Labute approximate surface area is 84.7 Å². The number of nitrogens with zero attached hydrogens (tertiary/aromatic N) is 1. The predicted octanol–water partition coefficient (Wildman–Crippen LogP) is 1.53. The molecule has 2 rings (SSSR count). The molecular weight excluding hydrogens is 170 g/mol. The van der Waals surface area contributed by atoms with Crippen molar-refractivity contribution < 1.29 is 0 Å². The zero-order valence-electron chi connectivity index (χ0n) is 8.70. The third-order valence-corrected chi connectivity index (χ3v) is 2.46. The van der Waals surface area contributed by atoms with Gasteiger partial charge in [0.2, 0.25) is 0 Å². The Morgan fingerprint density at radius 1 is 1.29 bits per heavy atom. The number of benzene rings is 1. The van der Waals surface area contributed by atoms with Crippen LogP contribution in [0.5, 0.6) is 0 Å². The van der Waals surface area contributed by atoms with Crippen LogP contribution in [0.2, 0.25) is 0 Å². The summed E-state index contributed by atoms with van der Waals surface area (Å²) in [4.78, 5) is 2.21. The molecule has 1 aliphatic heterocycles. The lowest BCUT2D eigenvalue weighted by atomic mass is 10.1. The first-order valence-corrected chi connectivity index (χ1v) is 4.93. The van der Waals surface area contributed by atoms with Gasteiger partial charge in [-0.2, -0.15) is 0 Å². The highest BCUT2D eigenvalue weighted by Gasteiger charge is 2.04. The Hall–Kier alpha value is -1.50. The van der Waals surface area contributed by atoms with Crippen molar-refractivity contribution in [2.24, 2.45) is 0 Å². The lowest BCUT2D eigenvalue weighted by Gasteiger charge is -2.23. The first-order chi connectivity index (χ1) is 6.66. The molecular formula is C13H15N. The van der Waals surface area contributed by atoms with Crippen LogP contribution >= 0.6 is 0 Å². The van der Waals surface area contributed by atoms with Crippen molar-refractivity contribution >= 4 is 18.9 Å². The first kappa shape index (κ1) is 9.07. The molecule has 0 N–H and O–H groups in total. The SMILES string of the molecule is C=c1ccc2c(c1)C=CN(C(C)C)C=2. The first-order valence-electron chi connectivity index (χ1n) is 4.93. The highest BCUT2D eigenvalue weighted by molar-refractivity contribution is 5.56. The Morgan fingerprint density at radius 2 is 2.07 bits per heavy atom. The molecule has 72 valence electrons. The van der Waals surface area contributed by atoms with Gasteiger partial charge < -0.3 is 4.90 Å². The molecule has 0 bridgehead atoms. The Kier molecular flexibility index (Phi) is 2.16. The second-order valence-corrected chi connectivity index (χ2v) is 3.95. The molecule has 1 heteroatoms. The molecule has 0 unspecified atom stereocenters. The maximum absolute atomic E-state index is 3.92. The summed E-state index contributed by atoms with van der Waals surface area (Å²) < 4.78 is 0. The molecule has 0 saturated carbocycles. The minimum absolute atomic E-state index is 0.513. The molecule has 0 amide bonds. The standard InChI is InChI=1S/C13H15N/c1-10(2)14-7-6-12-8-11(3)4-5-13(12)9-14/h4-10H,3H2,1-2H3. The summed E-state index contributed by atoms with van der Waals surface area (Å²) in [6.07, 6.45) is 6.44. The summed E-state index contributed by atoms with van der Waals surface area (Å²) in [5, 5.41) is 2.34. The van der Waals surface area contributed by atoms with Gasteiger partial charge in [0.15, 0.2) is 0 Å². The van der Waals surface area contributed by atoms with E-state index in [0.29, 0.717) is 6.04 Å². The van der Waals surface area contributed by atoms with Crippen molar-refractivity contribution in [3.8, 4) is 0 Å². The number of hydrogen-bond donors (Lipinski definition) is 0. The normalized spacial score (nSPS) is 14.1. The monoisotopic (exact) mass is 185 g/mol. The Morgan fingerprint density at radius 3 is 2.79 bits per heavy atom. The number of rotatable bonds is 1. The quantitative estimate of drug-likeness (QED) is 0.641. The molecule has 0 spiro atoms. The summed E-state index contributed by atoms with van der Waals surface area (Å²) in [5.74, 6) is 0. The van der Waals surface area contributed by atoms with E-state index in [0.717, 1.165) is 5.22 Å². The number of hydrogen-bond acceptors (Lipinski definition) is 1. The van der Waals surface area contributed by atoms with Gasteiger partial charge in [-0.3, -0.25) is 0 Å². The zero-order chi connectivity index (χ0) is 10.1. The van der Waals surface area contributed by atoms with E-state index in [4.69, 9.17) is 0 Å². The largest absolute Gasteiger partial charge is 0.351 e. The molecule has 0 saturated heterocycles. The van der Waals surface area contributed by atoms with Crippen LogP contribution < -0.4 is 10.4 Å². The second-order valence-electron chi connectivity index (χ2n) is 3.95. The lowest BCUT2D eigenvalue weighted by molar-refractivity contribution is 0.452. The van der Waals surface area contributed by atoms with Crippen molar-refractivity contribution in [2.75, 3.05) is 0 Å². The molecule has 0 radical (unpaired) electrons. The molecule has 0 atom stereocenters. The third kappa shape index (κ3) is 1.58. The summed E-state index contributed by atoms with van der Waals surface area (Å²) in [7, 11) is 0. The highest BCUT2D eigenvalue weighted by atomic mass is 15.1. The van der Waals surface area contributed by atoms with Gasteiger partial charge in [0.25, 0.3) is 0 Å². The Balaban J connectivity index is 2.53. The van der Waals surface area contributed by atoms with E-state index in [9.17, 15) is 0 Å². The van der Waals surface area contributed by atoms with Crippen LogP contribution in [0.1, 0.15) is 19.4 Å². The van der Waals surface area contributed by atoms with Gasteiger partial charge in [0.1, 0.15) is 0 Å². The molecule has 0 aromatic heterocycles. The minimum atomic E-state index is 0.513. The van der Waals surface area contributed by atoms with Crippen molar-refractivity contribution in [1.82, 2.24) is 4.90 Å². The molecule has 1 aromatic carbocycles. The lowest BCUT2D eigenvalue weighted by Crippen LogP contribution is -2.26. The second kappa shape index (κ2) is 3.33. The Bertz CT molecular complexity index is 468. The van der Waals surface area contributed by atoms with E-state index in [1.165, 1.54) is 10.8 Å². The minimum Gasteiger partial charge on any atom is -0.351 e. The van der Waals surface area contributed by atoms with E-state index < -0.39 is 0 Å². The van der Waals surface area contributed by atoms with Crippen LogP contribution in [0.15, 0.2) is 24.4 Å². The predicted molar refractivity (Wildman–Crippen MR) is 61.7 cm³/mol. The van der Waals surface area contributed by atoms with Crippen LogP contribution in [0, 0.1) is 0 Å². The van der Waals surface area contributed by atoms with Gasteiger partial charge in [-0.15, -0.1) is 0 Å². The van der Waals surface area contributed by atoms with Crippen LogP contribution in [0.25, 0.3) is 18.9 Å². The molecule has 1 aliphatic rings. The van der Waals surface area contributed by atoms with Gasteiger partial charge in [-0.05, 0) is 42.0 Å². The van der Waals surface area contributed by atoms with Crippen molar-refractivity contribution in [2.45, 2.75) is 19.9 Å². The molecule has 1 nitrogen and oxygen atoms in total. The van der Waals surface area contributed by atoms with Crippen molar-refractivity contribution in [3.05, 3.63) is 40.4 Å². The fraction of sp³-hybridized carbons (Fsp3) is 0.231. The molecule has 1 aromatic rings. The third-order valence-electron chi connectivity index (χ3n) is 2.46. The topological polar surface area (TPSA) is 3.24 Å². The summed E-state index contributed by atoms with van der Waals surface area (Å²) in [6, 6.07) is 6.79. The summed E-state index contributed by atoms with van der Waals surface area (Å²) in [6.45, 7) is 8.29. The maximum atomic E-state index is 3.92. The van der Waals surface area contributed by atoms with Crippen LogP contribution in [-0.2, 0) is 0 Å². The van der Waals surface area contributed by atoms with Gasteiger partial charge in [-0.25, -0.2) is 0 Å². The fourth-order valence-electron chi connectivity index (χ4n) is 1.58. The number of fused-ring (bicyclic) bond motifs is 1. The van der Waals surface area contributed by atoms with E-state index >= 15 is 0 Å². The van der Waals surface area contributed by atoms with Gasteiger partial charge >= 0.3 is 0 Å². The van der Waals surface area contributed by atoms with Gasteiger partial charge in [-0.1, -0.05) is 18.7 Å². The average molecular weight is 185 g/mol. The smallest absolute Gasteiger partial charge is 0.0274 e. The van der Waals surface area contributed by atoms with Crippen LogP contribution in [0.3, 0.4) is 0 Å². The summed E-state index contributed by atoms with van der Waals surface area (Å²) >= 11 is 0.